The van der Waals surface area contributed by atoms with Crippen LogP contribution in [0.25, 0.3) is 0 Å². The number of amides is 2. The molecule has 5 rings (SSSR count). The number of nitrogens with zero attached hydrogens (tertiary/aromatic N) is 4. The number of benzene rings is 1. The summed E-state index contributed by atoms with van der Waals surface area (Å²) < 4.78 is 0. The summed E-state index contributed by atoms with van der Waals surface area (Å²) in [6.07, 6.45) is 3.91. The maximum atomic E-state index is 13.0. The number of pyridine rings is 1. The van der Waals surface area contributed by atoms with E-state index in [1.807, 2.05) is 50.4 Å². The van der Waals surface area contributed by atoms with Crippen LogP contribution in [0.2, 0.25) is 0 Å². The van der Waals surface area contributed by atoms with E-state index in [2.05, 4.69) is 32.8 Å². The molecule has 0 bridgehead atoms. The highest BCUT2D eigenvalue weighted by Crippen LogP contribution is 2.38. The van der Waals surface area contributed by atoms with Gasteiger partial charge < -0.3 is 30.7 Å². The molecule has 2 aromatic rings. The maximum Gasteiger partial charge on any atom is 0.251 e. The van der Waals surface area contributed by atoms with Crippen molar-refractivity contribution in [3.8, 4) is 0 Å². The van der Waals surface area contributed by atoms with E-state index in [4.69, 9.17) is 4.98 Å². The zero-order valence-corrected chi connectivity index (χ0v) is 21.5. The number of carbonyl (C=O) groups is 2. The Bertz CT molecular complexity index is 1110. The van der Waals surface area contributed by atoms with Gasteiger partial charge in [0.1, 0.15) is 11.9 Å². The first-order chi connectivity index (χ1) is 17.4. The average molecular weight is 492 g/mol. The van der Waals surface area contributed by atoms with Crippen molar-refractivity contribution in [2.45, 2.75) is 50.7 Å². The number of piperidine rings is 2. The van der Waals surface area contributed by atoms with Crippen molar-refractivity contribution in [3.05, 3.63) is 42.0 Å². The molecule has 0 saturated carbocycles. The monoisotopic (exact) mass is 491 g/mol. The quantitative estimate of drug-likeness (QED) is 0.592. The molecule has 0 aliphatic carbocycles. The summed E-state index contributed by atoms with van der Waals surface area (Å²) in [7, 11) is 3.93. The summed E-state index contributed by atoms with van der Waals surface area (Å²) in [5.74, 6) is 1.57. The largest absolute Gasteiger partial charge is 0.349 e. The molecule has 3 aliphatic rings. The van der Waals surface area contributed by atoms with Gasteiger partial charge in [-0.1, -0.05) is 6.07 Å². The minimum absolute atomic E-state index is 0.0438. The summed E-state index contributed by atoms with van der Waals surface area (Å²) in [5, 5.41) is 9.98. The summed E-state index contributed by atoms with van der Waals surface area (Å²) in [6, 6.07) is 11.6. The van der Waals surface area contributed by atoms with Gasteiger partial charge in [-0.25, -0.2) is 4.98 Å². The van der Waals surface area contributed by atoms with Crippen LogP contribution in [0.1, 0.15) is 43.0 Å². The summed E-state index contributed by atoms with van der Waals surface area (Å²) >= 11 is 0. The van der Waals surface area contributed by atoms with Crippen LogP contribution in [0, 0.1) is 0 Å². The first-order valence-corrected chi connectivity index (χ1v) is 13.0. The molecule has 2 fully saturated rings. The van der Waals surface area contributed by atoms with Gasteiger partial charge in [0.15, 0.2) is 5.82 Å². The van der Waals surface area contributed by atoms with Gasteiger partial charge in [-0.05, 0) is 96.2 Å². The molecular weight excluding hydrogens is 454 g/mol. The minimum atomic E-state index is -0.264. The van der Waals surface area contributed by atoms with Gasteiger partial charge in [0.25, 0.3) is 5.91 Å². The Balaban J connectivity index is 1.35. The second kappa shape index (κ2) is 10.4. The molecule has 9 heteroatoms. The van der Waals surface area contributed by atoms with E-state index < -0.39 is 0 Å². The molecular formula is C27H37N7O2. The lowest BCUT2D eigenvalue weighted by Crippen LogP contribution is -2.56. The molecule has 1 aromatic carbocycles. The van der Waals surface area contributed by atoms with E-state index in [0.717, 1.165) is 69.1 Å². The molecule has 4 heterocycles. The number of anilines is 4. The molecule has 1 atom stereocenters. The second-order valence-electron chi connectivity index (χ2n) is 10.3. The van der Waals surface area contributed by atoms with E-state index >= 15 is 0 Å². The van der Waals surface area contributed by atoms with Gasteiger partial charge in [-0.2, -0.15) is 0 Å². The maximum absolute atomic E-state index is 13.0. The van der Waals surface area contributed by atoms with Gasteiger partial charge >= 0.3 is 0 Å². The lowest BCUT2D eigenvalue weighted by molar-refractivity contribution is -0.119. The third-order valence-corrected chi connectivity index (χ3v) is 7.72. The van der Waals surface area contributed by atoms with Gasteiger partial charge in [0, 0.05) is 30.4 Å². The molecule has 1 aromatic heterocycles. The summed E-state index contributed by atoms with van der Waals surface area (Å²) in [4.78, 5) is 37.0. The van der Waals surface area contributed by atoms with Crippen molar-refractivity contribution in [1.29, 1.82) is 0 Å². The Morgan fingerprint density at radius 1 is 1.06 bits per heavy atom. The van der Waals surface area contributed by atoms with Gasteiger partial charge in [-0.3, -0.25) is 9.59 Å². The molecule has 36 heavy (non-hydrogen) atoms. The van der Waals surface area contributed by atoms with Crippen LogP contribution in [0.4, 0.5) is 23.0 Å². The standard InChI is InChI=1S/C27H37N7O2/c1-18-27(36)33(3)23-7-8-24(31-25(23)34(18)22-9-13-28-14-10-22)29-21-6-4-5-19(17-21)26(35)30-20-11-15-32(2)16-12-20/h4-8,17-18,20,22,28H,9-16H2,1-3H3,(H,29,31)(H,30,35)/t18-/m1/s1. The Labute approximate surface area is 213 Å². The number of likely N-dealkylation sites (N-methyl/N-ethyl adjacent to an activating group) is 1. The summed E-state index contributed by atoms with van der Waals surface area (Å²) in [6.45, 7) is 5.86. The van der Waals surface area contributed by atoms with Crippen LogP contribution in [0.15, 0.2) is 36.4 Å². The number of fused-ring (bicyclic) bond motifs is 1. The Kier molecular flexibility index (Phi) is 7.11. The zero-order valence-electron chi connectivity index (χ0n) is 21.5. The van der Waals surface area contributed by atoms with Crippen LogP contribution < -0.4 is 25.8 Å². The lowest BCUT2D eigenvalue weighted by Gasteiger charge is -2.45. The van der Waals surface area contributed by atoms with Gasteiger partial charge in [-0.15, -0.1) is 0 Å². The number of carbonyl (C=O) groups excluding carboxylic acids is 2. The van der Waals surface area contributed by atoms with Crippen LogP contribution in [-0.2, 0) is 4.79 Å². The number of likely N-dealkylation sites (tertiary alicyclic amines) is 1. The molecule has 0 unspecified atom stereocenters. The number of hydrogen-bond donors (Lipinski definition) is 3. The Morgan fingerprint density at radius 2 is 1.81 bits per heavy atom. The minimum Gasteiger partial charge on any atom is -0.349 e. The molecule has 3 N–H and O–H groups in total. The van der Waals surface area contributed by atoms with E-state index in [1.165, 1.54) is 0 Å². The van der Waals surface area contributed by atoms with E-state index in [9.17, 15) is 9.59 Å². The molecule has 2 amide bonds. The first kappa shape index (κ1) is 24.5. The smallest absolute Gasteiger partial charge is 0.251 e. The number of aromatic nitrogens is 1. The fraction of sp³-hybridized carbons (Fsp3) is 0.519. The van der Waals surface area contributed by atoms with Crippen LogP contribution in [0.5, 0.6) is 0 Å². The number of hydrogen-bond acceptors (Lipinski definition) is 7. The molecule has 9 nitrogen and oxygen atoms in total. The highest BCUT2D eigenvalue weighted by Gasteiger charge is 2.38. The topological polar surface area (TPSA) is 92.8 Å². The molecule has 0 spiro atoms. The fourth-order valence-electron chi connectivity index (χ4n) is 5.55. The van der Waals surface area contributed by atoms with Crippen molar-refractivity contribution in [1.82, 2.24) is 20.5 Å². The third kappa shape index (κ3) is 5.03. The van der Waals surface area contributed by atoms with E-state index in [1.54, 1.807) is 4.90 Å². The molecule has 3 aliphatic heterocycles. The average Bonchev–Trinajstić information content (AvgIpc) is 2.89. The second-order valence-corrected chi connectivity index (χ2v) is 10.3. The third-order valence-electron chi connectivity index (χ3n) is 7.72. The van der Waals surface area contributed by atoms with Crippen LogP contribution in [0.3, 0.4) is 0 Å². The predicted octanol–water partition coefficient (Wildman–Crippen LogP) is 2.57. The lowest BCUT2D eigenvalue weighted by atomic mass is 10.00. The van der Waals surface area contributed by atoms with Crippen molar-refractivity contribution in [2.75, 3.05) is 55.4 Å². The SMILES string of the molecule is C[C@@H]1C(=O)N(C)c2ccc(Nc3cccc(C(=O)NC4CCN(C)CC4)c3)nc2N1C1CCNCC1. The Morgan fingerprint density at radius 3 is 2.56 bits per heavy atom. The van der Waals surface area contributed by atoms with Crippen molar-refractivity contribution >= 4 is 34.8 Å². The summed E-state index contributed by atoms with van der Waals surface area (Å²) in [5.41, 5.74) is 2.26. The van der Waals surface area contributed by atoms with Gasteiger partial charge in [0.2, 0.25) is 5.91 Å². The zero-order chi connectivity index (χ0) is 25.2. The first-order valence-electron chi connectivity index (χ1n) is 13.0. The molecule has 0 radical (unpaired) electrons. The van der Waals surface area contributed by atoms with E-state index in [0.29, 0.717) is 11.4 Å². The predicted molar refractivity (Wildman–Crippen MR) is 143 cm³/mol. The highest BCUT2D eigenvalue weighted by atomic mass is 16.2. The van der Waals surface area contributed by atoms with Crippen molar-refractivity contribution in [2.24, 2.45) is 0 Å². The fourth-order valence-corrected chi connectivity index (χ4v) is 5.55. The molecule has 2 saturated heterocycles. The van der Waals surface area contributed by atoms with Crippen LogP contribution >= 0.6 is 0 Å². The number of nitrogens with one attached hydrogen (secondary N) is 3. The normalized spacial score (nSPS) is 21.9. The Hall–Kier alpha value is -3.17. The van der Waals surface area contributed by atoms with E-state index in [-0.39, 0.29) is 29.9 Å². The number of rotatable bonds is 5. The highest BCUT2D eigenvalue weighted by molar-refractivity contribution is 6.04. The van der Waals surface area contributed by atoms with Crippen molar-refractivity contribution < 1.29 is 9.59 Å². The van der Waals surface area contributed by atoms with Crippen LogP contribution in [-0.4, -0.2) is 80.1 Å². The molecule has 192 valence electrons. The van der Waals surface area contributed by atoms with Crippen molar-refractivity contribution in [3.63, 3.8) is 0 Å². The van der Waals surface area contributed by atoms with Gasteiger partial charge in [0.05, 0.1) is 5.69 Å².